The van der Waals surface area contributed by atoms with Crippen LogP contribution in [0.2, 0.25) is 0 Å². The van der Waals surface area contributed by atoms with Gasteiger partial charge in [-0.2, -0.15) is 0 Å². The second-order valence-corrected chi connectivity index (χ2v) is 1.88. The zero-order chi connectivity index (χ0) is 6.69. The molecule has 0 aromatic rings. The van der Waals surface area contributed by atoms with E-state index in [0.29, 0.717) is 13.0 Å². The van der Waals surface area contributed by atoms with Crippen molar-refractivity contribution in [1.82, 2.24) is 5.32 Å². The Morgan fingerprint density at radius 2 is 2.67 bits per heavy atom. The summed E-state index contributed by atoms with van der Waals surface area (Å²) in [7, 11) is 0. The van der Waals surface area contributed by atoms with Crippen molar-refractivity contribution < 1.29 is 9.90 Å². The molecule has 0 aromatic heterocycles. The summed E-state index contributed by atoms with van der Waals surface area (Å²) in [6, 6.07) is -0.428. The molecule has 0 saturated heterocycles. The zero-order valence-corrected chi connectivity index (χ0v) is 4.87. The van der Waals surface area contributed by atoms with Gasteiger partial charge >= 0.3 is 5.97 Å². The highest BCUT2D eigenvalue weighted by atomic mass is 16.4. The second kappa shape index (κ2) is 2.48. The molecule has 0 bridgehead atoms. The number of carboxylic acids is 1. The van der Waals surface area contributed by atoms with Crippen molar-refractivity contribution >= 4 is 12.3 Å². The fraction of sp³-hybridized carbons (Fsp3) is 0.600. The molecule has 1 aliphatic heterocycles. The number of aliphatic imine (C=N–C) groups is 1. The van der Waals surface area contributed by atoms with E-state index in [4.69, 9.17) is 5.11 Å². The molecule has 4 heteroatoms. The third-order valence-corrected chi connectivity index (χ3v) is 1.21. The second-order valence-electron chi connectivity index (χ2n) is 1.88. The molecular weight excluding hydrogens is 120 g/mol. The van der Waals surface area contributed by atoms with Crippen LogP contribution < -0.4 is 5.32 Å². The first kappa shape index (κ1) is 6.07. The van der Waals surface area contributed by atoms with E-state index in [-0.39, 0.29) is 0 Å². The Bertz CT molecular complexity index is 144. The summed E-state index contributed by atoms with van der Waals surface area (Å²) >= 11 is 0. The van der Waals surface area contributed by atoms with Gasteiger partial charge in [0.05, 0.1) is 6.34 Å². The molecule has 0 spiro atoms. The fourth-order valence-corrected chi connectivity index (χ4v) is 0.689. The molecule has 0 amide bonds. The molecule has 0 fully saturated rings. The number of nitrogens with one attached hydrogen (secondary N) is 1. The topological polar surface area (TPSA) is 61.7 Å². The number of hydrogen-bond acceptors (Lipinski definition) is 3. The van der Waals surface area contributed by atoms with Crippen LogP contribution in [0.4, 0.5) is 0 Å². The lowest BCUT2D eigenvalue weighted by Crippen LogP contribution is -2.38. The van der Waals surface area contributed by atoms with E-state index in [0.717, 1.165) is 0 Å². The van der Waals surface area contributed by atoms with Gasteiger partial charge in [0.2, 0.25) is 0 Å². The minimum atomic E-state index is -0.804. The van der Waals surface area contributed by atoms with Gasteiger partial charge in [-0.25, -0.2) is 4.79 Å². The van der Waals surface area contributed by atoms with Gasteiger partial charge in [-0.1, -0.05) is 0 Å². The van der Waals surface area contributed by atoms with E-state index in [2.05, 4.69) is 10.3 Å². The van der Waals surface area contributed by atoms with Gasteiger partial charge in [0.15, 0.2) is 0 Å². The number of carbonyl (C=O) groups is 1. The van der Waals surface area contributed by atoms with Gasteiger partial charge in [0, 0.05) is 6.54 Å². The van der Waals surface area contributed by atoms with Gasteiger partial charge < -0.3 is 10.4 Å². The molecule has 9 heavy (non-hydrogen) atoms. The summed E-state index contributed by atoms with van der Waals surface area (Å²) in [5.74, 6) is -0.804. The van der Waals surface area contributed by atoms with Crippen molar-refractivity contribution in [2.75, 3.05) is 6.54 Å². The highest BCUT2D eigenvalue weighted by Crippen LogP contribution is 1.95. The Morgan fingerprint density at radius 3 is 3.00 bits per heavy atom. The minimum absolute atomic E-state index is 0.428. The molecule has 1 heterocycles. The number of rotatable bonds is 1. The van der Waals surface area contributed by atoms with Crippen LogP contribution in [-0.2, 0) is 4.79 Å². The molecule has 1 aliphatic rings. The lowest BCUT2D eigenvalue weighted by molar-refractivity contribution is -0.139. The first-order valence-electron chi connectivity index (χ1n) is 2.78. The Hall–Kier alpha value is -1.06. The Morgan fingerprint density at radius 1 is 1.89 bits per heavy atom. The molecule has 0 aliphatic carbocycles. The highest BCUT2D eigenvalue weighted by molar-refractivity contribution is 5.77. The summed E-state index contributed by atoms with van der Waals surface area (Å²) < 4.78 is 0. The van der Waals surface area contributed by atoms with Crippen LogP contribution in [0.5, 0.6) is 0 Å². The minimum Gasteiger partial charge on any atom is -0.480 e. The average molecular weight is 128 g/mol. The number of hydrogen-bond donors (Lipinski definition) is 2. The monoisotopic (exact) mass is 128 g/mol. The first-order chi connectivity index (χ1) is 4.30. The van der Waals surface area contributed by atoms with Crippen LogP contribution in [0.1, 0.15) is 6.42 Å². The van der Waals surface area contributed by atoms with Gasteiger partial charge in [-0.15, -0.1) is 0 Å². The Balaban J connectivity index is 2.44. The number of carboxylic acid groups (broad SMARTS) is 1. The fourth-order valence-electron chi connectivity index (χ4n) is 0.689. The van der Waals surface area contributed by atoms with E-state index in [1.165, 1.54) is 6.34 Å². The van der Waals surface area contributed by atoms with E-state index in [1.807, 2.05) is 0 Å². The molecule has 1 atom stereocenters. The van der Waals surface area contributed by atoms with Gasteiger partial charge in [-0.3, -0.25) is 4.99 Å². The summed E-state index contributed by atoms with van der Waals surface area (Å²) in [6.07, 6.45) is 2.04. The maximum atomic E-state index is 10.2. The van der Waals surface area contributed by atoms with E-state index < -0.39 is 12.0 Å². The van der Waals surface area contributed by atoms with Crippen molar-refractivity contribution in [3.8, 4) is 0 Å². The van der Waals surface area contributed by atoms with Crippen molar-refractivity contribution in [2.45, 2.75) is 12.5 Å². The Labute approximate surface area is 52.6 Å². The van der Waals surface area contributed by atoms with Gasteiger partial charge in [-0.05, 0) is 6.42 Å². The average Bonchev–Trinajstić information content (AvgIpc) is 1.90. The molecular formula is C5H8N2O2. The standard InChI is InChI=1S/C5H8N2O2/c8-5(9)4-1-2-6-3-7-4/h3-4H,1-2H2,(H,6,7)(H,8,9)/t4-/m1/s1. The number of nitrogens with zero attached hydrogens (tertiary/aromatic N) is 1. The lowest BCUT2D eigenvalue weighted by Gasteiger charge is -2.13. The third kappa shape index (κ3) is 1.42. The van der Waals surface area contributed by atoms with Crippen LogP contribution in [0, 0.1) is 0 Å². The molecule has 0 saturated carbocycles. The predicted molar refractivity (Wildman–Crippen MR) is 32.5 cm³/mol. The van der Waals surface area contributed by atoms with Gasteiger partial charge in [0.1, 0.15) is 6.04 Å². The van der Waals surface area contributed by atoms with Crippen molar-refractivity contribution in [3.05, 3.63) is 0 Å². The molecule has 2 N–H and O–H groups in total. The van der Waals surface area contributed by atoms with Crippen molar-refractivity contribution in [2.24, 2.45) is 4.99 Å². The molecule has 4 nitrogen and oxygen atoms in total. The Kier molecular flexibility index (Phi) is 1.67. The smallest absolute Gasteiger partial charge is 0.326 e. The normalized spacial score (nSPS) is 25.1. The molecule has 50 valence electrons. The molecule has 0 aromatic carbocycles. The molecule has 0 radical (unpaired) electrons. The summed E-state index contributed by atoms with van der Waals surface area (Å²) in [4.78, 5) is 14.0. The predicted octanol–water partition coefficient (Wildman–Crippen LogP) is -0.539. The van der Waals surface area contributed by atoms with Crippen molar-refractivity contribution in [1.29, 1.82) is 0 Å². The van der Waals surface area contributed by atoms with Gasteiger partial charge in [0.25, 0.3) is 0 Å². The van der Waals surface area contributed by atoms with Crippen LogP contribution in [0.15, 0.2) is 4.99 Å². The van der Waals surface area contributed by atoms with E-state index in [9.17, 15) is 4.79 Å². The zero-order valence-electron chi connectivity index (χ0n) is 4.87. The maximum Gasteiger partial charge on any atom is 0.326 e. The summed E-state index contributed by atoms with van der Waals surface area (Å²) in [5, 5.41) is 11.0. The van der Waals surface area contributed by atoms with Crippen molar-refractivity contribution in [3.63, 3.8) is 0 Å². The quantitative estimate of drug-likeness (QED) is 0.498. The molecule has 0 unspecified atom stereocenters. The largest absolute Gasteiger partial charge is 0.480 e. The van der Waals surface area contributed by atoms with Crippen LogP contribution in [-0.4, -0.2) is 30.0 Å². The molecule has 1 rings (SSSR count). The van der Waals surface area contributed by atoms with E-state index >= 15 is 0 Å². The van der Waals surface area contributed by atoms with E-state index in [1.54, 1.807) is 0 Å². The van der Waals surface area contributed by atoms with Crippen LogP contribution in [0.25, 0.3) is 0 Å². The summed E-state index contributed by atoms with van der Waals surface area (Å²) in [6.45, 7) is 0.615. The first-order valence-corrected chi connectivity index (χ1v) is 2.78. The van der Waals surface area contributed by atoms with Crippen LogP contribution >= 0.6 is 0 Å². The summed E-state index contributed by atoms with van der Waals surface area (Å²) in [5.41, 5.74) is 0. The SMILES string of the molecule is O=C(O)[C@H]1CCN=CN1. The van der Waals surface area contributed by atoms with Crippen LogP contribution in [0.3, 0.4) is 0 Å². The number of aliphatic carboxylic acids is 1. The highest BCUT2D eigenvalue weighted by Gasteiger charge is 2.16. The maximum absolute atomic E-state index is 10.2. The lowest BCUT2D eigenvalue weighted by atomic mass is 10.2. The third-order valence-electron chi connectivity index (χ3n) is 1.21.